The van der Waals surface area contributed by atoms with Gasteiger partial charge in [-0.1, -0.05) is 6.92 Å². The van der Waals surface area contributed by atoms with Crippen LogP contribution in [0.1, 0.15) is 23.7 Å². The van der Waals surface area contributed by atoms with E-state index in [0.29, 0.717) is 18.7 Å². The zero-order chi connectivity index (χ0) is 15.1. The van der Waals surface area contributed by atoms with E-state index in [9.17, 15) is 14.9 Å². The van der Waals surface area contributed by atoms with Gasteiger partial charge in [-0.2, -0.15) is 0 Å². The Bertz CT molecular complexity index is 491. The van der Waals surface area contributed by atoms with Gasteiger partial charge in [-0.05, 0) is 18.6 Å². The van der Waals surface area contributed by atoms with Crippen LogP contribution in [0, 0.1) is 10.1 Å². The summed E-state index contributed by atoms with van der Waals surface area (Å²) in [4.78, 5) is 22.6. The van der Waals surface area contributed by atoms with Crippen LogP contribution < -0.4 is 10.6 Å². The van der Waals surface area contributed by atoms with E-state index in [1.165, 1.54) is 12.1 Å². The van der Waals surface area contributed by atoms with Crippen molar-refractivity contribution in [3.63, 3.8) is 0 Å². The zero-order valence-corrected chi connectivity index (χ0v) is 11.8. The van der Waals surface area contributed by atoms with E-state index in [2.05, 4.69) is 10.6 Å². The predicted octanol–water partition coefficient (Wildman–Crippen LogP) is 1.79. The summed E-state index contributed by atoms with van der Waals surface area (Å²) < 4.78 is 4.99. The molecular formula is C13H19N3O4. The van der Waals surface area contributed by atoms with Gasteiger partial charge in [0.05, 0.1) is 17.6 Å². The molecular weight excluding hydrogens is 262 g/mol. The Morgan fingerprint density at radius 3 is 2.70 bits per heavy atom. The molecule has 0 saturated heterocycles. The highest BCUT2D eigenvalue weighted by Gasteiger charge is 2.22. The highest BCUT2D eigenvalue weighted by Crippen LogP contribution is 2.22. The summed E-state index contributed by atoms with van der Waals surface area (Å²) in [7, 11) is 3.22. The molecule has 1 rings (SSSR count). The maximum Gasteiger partial charge on any atom is 0.282 e. The minimum atomic E-state index is -0.564. The second kappa shape index (κ2) is 7.44. The maximum atomic E-state index is 12.2. The van der Waals surface area contributed by atoms with E-state index in [0.717, 1.165) is 0 Å². The highest BCUT2D eigenvalue weighted by molar-refractivity contribution is 5.99. The summed E-state index contributed by atoms with van der Waals surface area (Å²) in [5.41, 5.74) is 0.464. The molecule has 0 radical (unpaired) electrons. The Morgan fingerprint density at radius 2 is 2.20 bits per heavy atom. The Balaban J connectivity index is 3.03. The SMILES string of the molecule is CCC(COC)NC(=O)c1cc(NC)ccc1[N+](=O)[O-]. The zero-order valence-electron chi connectivity index (χ0n) is 11.8. The molecule has 0 aliphatic carbocycles. The van der Waals surface area contributed by atoms with E-state index in [-0.39, 0.29) is 17.3 Å². The molecule has 1 aromatic rings. The van der Waals surface area contributed by atoms with Gasteiger partial charge in [0, 0.05) is 25.9 Å². The first-order valence-electron chi connectivity index (χ1n) is 6.29. The number of anilines is 1. The number of carbonyl (C=O) groups is 1. The number of carbonyl (C=O) groups excluding carboxylic acids is 1. The second-order valence-corrected chi connectivity index (χ2v) is 4.27. The highest BCUT2D eigenvalue weighted by atomic mass is 16.6. The van der Waals surface area contributed by atoms with E-state index in [4.69, 9.17) is 4.74 Å². The summed E-state index contributed by atoms with van der Waals surface area (Å²) in [5.74, 6) is -0.474. The first-order valence-corrected chi connectivity index (χ1v) is 6.29. The lowest BCUT2D eigenvalue weighted by atomic mass is 10.1. The van der Waals surface area contributed by atoms with Crippen molar-refractivity contribution in [1.29, 1.82) is 0 Å². The summed E-state index contributed by atoms with van der Waals surface area (Å²) in [6, 6.07) is 4.16. The van der Waals surface area contributed by atoms with E-state index < -0.39 is 10.8 Å². The van der Waals surface area contributed by atoms with Crippen LogP contribution in [-0.4, -0.2) is 37.6 Å². The molecule has 1 unspecified atom stereocenters. The van der Waals surface area contributed by atoms with Crippen LogP contribution in [-0.2, 0) is 4.74 Å². The molecule has 0 fully saturated rings. The fourth-order valence-corrected chi connectivity index (χ4v) is 1.76. The van der Waals surface area contributed by atoms with Crippen LogP contribution in [0.25, 0.3) is 0 Å². The van der Waals surface area contributed by atoms with E-state index in [1.54, 1.807) is 20.2 Å². The van der Waals surface area contributed by atoms with Gasteiger partial charge in [0.25, 0.3) is 11.6 Å². The van der Waals surface area contributed by atoms with Crippen molar-refractivity contribution in [3.05, 3.63) is 33.9 Å². The lowest BCUT2D eigenvalue weighted by molar-refractivity contribution is -0.385. The minimum absolute atomic E-state index is 0.0383. The van der Waals surface area contributed by atoms with Crippen LogP contribution in [0.5, 0.6) is 0 Å². The average Bonchev–Trinajstić information content (AvgIpc) is 2.45. The number of methoxy groups -OCH3 is 1. The summed E-state index contributed by atoms with van der Waals surface area (Å²) >= 11 is 0. The number of amides is 1. The van der Waals surface area contributed by atoms with Crippen molar-refractivity contribution in [2.75, 3.05) is 26.1 Å². The first-order chi connectivity index (χ1) is 9.53. The van der Waals surface area contributed by atoms with Gasteiger partial charge in [-0.15, -0.1) is 0 Å². The Labute approximate surface area is 117 Å². The number of nitrogens with zero attached hydrogens (tertiary/aromatic N) is 1. The number of nitro groups is 1. The van der Waals surface area contributed by atoms with Gasteiger partial charge in [0.2, 0.25) is 0 Å². The van der Waals surface area contributed by atoms with Gasteiger partial charge in [-0.3, -0.25) is 14.9 Å². The van der Waals surface area contributed by atoms with Crippen LogP contribution in [0.15, 0.2) is 18.2 Å². The normalized spacial score (nSPS) is 11.8. The molecule has 0 spiro atoms. The molecule has 1 aromatic carbocycles. The first kappa shape index (κ1) is 15.9. The largest absolute Gasteiger partial charge is 0.388 e. The summed E-state index contributed by atoms with van der Waals surface area (Å²) in [5, 5.41) is 16.6. The molecule has 7 heteroatoms. The van der Waals surface area contributed by atoms with Crippen molar-refractivity contribution in [2.45, 2.75) is 19.4 Å². The number of ether oxygens (including phenoxy) is 1. The molecule has 1 amide bonds. The van der Waals surface area contributed by atoms with Gasteiger partial charge < -0.3 is 15.4 Å². The molecule has 110 valence electrons. The van der Waals surface area contributed by atoms with Gasteiger partial charge in [-0.25, -0.2) is 0 Å². The number of benzene rings is 1. The number of hydrogen-bond donors (Lipinski definition) is 2. The molecule has 7 nitrogen and oxygen atoms in total. The Hall–Kier alpha value is -2.15. The molecule has 20 heavy (non-hydrogen) atoms. The predicted molar refractivity (Wildman–Crippen MR) is 76.1 cm³/mol. The van der Waals surface area contributed by atoms with Crippen molar-refractivity contribution < 1.29 is 14.5 Å². The third kappa shape index (κ3) is 3.92. The van der Waals surface area contributed by atoms with Crippen LogP contribution in [0.2, 0.25) is 0 Å². The molecule has 0 aliphatic rings. The Kier molecular flexibility index (Phi) is 5.92. The summed E-state index contributed by atoms with van der Waals surface area (Å²) in [6.45, 7) is 2.27. The number of rotatable bonds is 7. The molecule has 0 bridgehead atoms. The molecule has 0 aliphatic heterocycles. The fourth-order valence-electron chi connectivity index (χ4n) is 1.76. The van der Waals surface area contributed by atoms with Crippen LogP contribution in [0.4, 0.5) is 11.4 Å². The summed E-state index contributed by atoms with van der Waals surface area (Å²) in [6.07, 6.45) is 0.680. The van der Waals surface area contributed by atoms with E-state index >= 15 is 0 Å². The maximum absolute atomic E-state index is 12.2. The second-order valence-electron chi connectivity index (χ2n) is 4.27. The van der Waals surface area contributed by atoms with Gasteiger partial charge in [0.15, 0.2) is 0 Å². The number of hydrogen-bond acceptors (Lipinski definition) is 5. The number of nitro benzene ring substituents is 1. The van der Waals surface area contributed by atoms with E-state index in [1.807, 2.05) is 6.92 Å². The molecule has 0 saturated carbocycles. The minimum Gasteiger partial charge on any atom is -0.388 e. The molecule has 2 N–H and O–H groups in total. The van der Waals surface area contributed by atoms with Gasteiger partial charge in [0.1, 0.15) is 5.56 Å². The van der Waals surface area contributed by atoms with Crippen molar-refractivity contribution in [3.8, 4) is 0 Å². The topological polar surface area (TPSA) is 93.5 Å². The fraction of sp³-hybridized carbons (Fsp3) is 0.462. The van der Waals surface area contributed by atoms with Crippen molar-refractivity contribution in [1.82, 2.24) is 5.32 Å². The molecule has 0 aromatic heterocycles. The van der Waals surface area contributed by atoms with Crippen LogP contribution >= 0.6 is 0 Å². The van der Waals surface area contributed by atoms with Crippen molar-refractivity contribution >= 4 is 17.3 Å². The monoisotopic (exact) mass is 281 g/mol. The lowest BCUT2D eigenvalue weighted by Crippen LogP contribution is -2.37. The molecule has 0 heterocycles. The smallest absolute Gasteiger partial charge is 0.282 e. The quantitative estimate of drug-likeness (QED) is 0.587. The third-order valence-electron chi connectivity index (χ3n) is 2.92. The lowest BCUT2D eigenvalue weighted by Gasteiger charge is -2.16. The Morgan fingerprint density at radius 1 is 1.50 bits per heavy atom. The van der Waals surface area contributed by atoms with Crippen molar-refractivity contribution in [2.24, 2.45) is 0 Å². The number of nitrogens with one attached hydrogen (secondary N) is 2. The van der Waals surface area contributed by atoms with Crippen LogP contribution in [0.3, 0.4) is 0 Å². The third-order valence-corrected chi connectivity index (χ3v) is 2.92. The average molecular weight is 281 g/mol. The molecule has 1 atom stereocenters. The standard InChI is InChI=1S/C13H19N3O4/c1-4-9(8-20-3)15-13(17)11-7-10(14-2)5-6-12(11)16(18)19/h5-7,9,14H,4,8H2,1-3H3,(H,15,17). The van der Waals surface area contributed by atoms with Gasteiger partial charge >= 0.3 is 0 Å².